The number of carbonyl (C=O) groups is 2. The van der Waals surface area contributed by atoms with Crippen molar-refractivity contribution < 1.29 is 24.9 Å². The van der Waals surface area contributed by atoms with Crippen molar-refractivity contribution in [3.8, 4) is 5.69 Å². The van der Waals surface area contributed by atoms with Crippen molar-refractivity contribution in [3.63, 3.8) is 0 Å². The molecule has 168 valence electrons. The van der Waals surface area contributed by atoms with Crippen molar-refractivity contribution in [1.29, 1.82) is 0 Å². The van der Waals surface area contributed by atoms with Gasteiger partial charge in [0.25, 0.3) is 5.56 Å². The number of aliphatic hydroxyl groups is 1. The van der Waals surface area contributed by atoms with Gasteiger partial charge in [0.1, 0.15) is 0 Å². The number of benzene rings is 2. The number of hydrogen-bond acceptors (Lipinski definition) is 6. The zero-order chi connectivity index (χ0) is 23.9. The van der Waals surface area contributed by atoms with Crippen molar-refractivity contribution in [2.24, 2.45) is 5.10 Å². The Morgan fingerprint density at radius 1 is 0.939 bits per heavy atom. The Morgan fingerprint density at radius 2 is 1.45 bits per heavy atom. The fraction of sp³-hybridized carbons (Fsp3) is 0.130. The highest BCUT2D eigenvalue weighted by atomic mass is 16.4. The number of hydrazone groups is 1. The molecule has 10 nitrogen and oxygen atoms in total. The first-order chi connectivity index (χ1) is 15.7. The molecule has 0 amide bonds. The van der Waals surface area contributed by atoms with Crippen molar-refractivity contribution in [2.75, 3.05) is 5.01 Å². The Kier molecular flexibility index (Phi) is 5.44. The molecule has 1 aliphatic heterocycles. The number of aliphatic hydroxyl groups excluding tert-OH is 1. The molecular formula is C23H20N4O6. The number of nitrogens with zero attached hydrogens (tertiary/aromatic N) is 3. The molecule has 0 saturated heterocycles. The van der Waals surface area contributed by atoms with Gasteiger partial charge in [-0.1, -0.05) is 0 Å². The van der Waals surface area contributed by atoms with Crippen molar-refractivity contribution >= 4 is 29.4 Å². The maximum Gasteiger partial charge on any atom is 0.335 e. The molecule has 33 heavy (non-hydrogen) atoms. The van der Waals surface area contributed by atoms with Crippen LogP contribution in [0.1, 0.15) is 38.9 Å². The van der Waals surface area contributed by atoms with Gasteiger partial charge in [0, 0.05) is 11.3 Å². The van der Waals surface area contributed by atoms with E-state index < -0.39 is 18.2 Å². The maximum atomic E-state index is 13.0. The highest BCUT2D eigenvalue weighted by Crippen LogP contribution is 2.28. The smallest absolute Gasteiger partial charge is 0.335 e. The van der Waals surface area contributed by atoms with E-state index in [1.807, 2.05) is 0 Å². The number of anilines is 1. The number of aromatic amines is 1. The Hall–Kier alpha value is -4.44. The largest absolute Gasteiger partial charge is 0.478 e. The van der Waals surface area contributed by atoms with Crippen LogP contribution in [0.4, 0.5) is 5.69 Å². The summed E-state index contributed by atoms with van der Waals surface area (Å²) in [6.07, 6.45) is 0.392. The standard InChI is InChI=1S/C23H20N4O6/c1-12-18(20(28)26(24-12)16-7-3-14(4-8-16)22(30)31)11-19-13(2)25-27(21(19)29)17-9-5-15(6-10-17)23(32)33/h3-11,20,25,28H,1-2H3,(H,30,31)(H,32,33). The van der Waals surface area contributed by atoms with Crippen LogP contribution in [0.2, 0.25) is 0 Å². The average Bonchev–Trinajstić information content (AvgIpc) is 3.24. The van der Waals surface area contributed by atoms with Crippen LogP contribution < -0.4 is 10.6 Å². The number of aromatic carboxylic acids is 2. The second kappa shape index (κ2) is 8.24. The predicted octanol–water partition coefficient (Wildman–Crippen LogP) is 2.47. The topological polar surface area (TPSA) is 148 Å². The van der Waals surface area contributed by atoms with Gasteiger partial charge >= 0.3 is 11.9 Å². The van der Waals surface area contributed by atoms with E-state index in [9.17, 15) is 19.5 Å². The van der Waals surface area contributed by atoms with Gasteiger partial charge in [-0.25, -0.2) is 19.3 Å². The summed E-state index contributed by atoms with van der Waals surface area (Å²) < 4.78 is 1.30. The number of rotatable bonds is 5. The number of H-pyrrole nitrogens is 1. The Bertz CT molecular complexity index is 1360. The maximum absolute atomic E-state index is 13.0. The molecule has 1 unspecified atom stereocenters. The number of nitrogens with one attached hydrogen (secondary N) is 1. The van der Waals surface area contributed by atoms with Crippen LogP contribution in [-0.4, -0.2) is 49.0 Å². The fourth-order valence-corrected chi connectivity index (χ4v) is 3.55. The SMILES string of the molecule is CC1=NN(c2ccc(C(=O)O)cc2)C(O)C1=Cc1c(C)[nH]n(-c2ccc(C(=O)O)cc2)c1=O. The minimum absolute atomic E-state index is 0.106. The van der Waals surface area contributed by atoms with Crippen LogP contribution >= 0.6 is 0 Å². The Morgan fingerprint density at radius 3 is 1.97 bits per heavy atom. The summed E-state index contributed by atoms with van der Waals surface area (Å²) in [5.74, 6) is -2.12. The highest BCUT2D eigenvalue weighted by molar-refractivity contribution is 6.06. The van der Waals surface area contributed by atoms with Gasteiger partial charge in [-0.05, 0) is 68.5 Å². The predicted molar refractivity (Wildman–Crippen MR) is 121 cm³/mol. The second-order valence-electron chi connectivity index (χ2n) is 7.50. The molecule has 0 bridgehead atoms. The van der Waals surface area contributed by atoms with Crippen LogP contribution in [0.3, 0.4) is 0 Å². The monoisotopic (exact) mass is 448 g/mol. The summed E-state index contributed by atoms with van der Waals surface area (Å²) >= 11 is 0. The number of carboxylic acid groups (broad SMARTS) is 2. The molecule has 2 heterocycles. The molecule has 0 spiro atoms. The van der Waals surface area contributed by atoms with E-state index in [0.29, 0.717) is 33.9 Å². The molecule has 0 radical (unpaired) electrons. The third kappa shape index (κ3) is 3.94. The molecule has 0 aliphatic carbocycles. The summed E-state index contributed by atoms with van der Waals surface area (Å²) in [7, 11) is 0. The Labute approximate surface area is 187 Å². The summed E-state index contributed by atoms with van der Waals surface area (Å²) in [6.45, 7) is 3.41. The van der Waals surface area contributed by atoms with E-state index in [4.69, 9.17) is 10.2 Å². The van der Waals surface area contributed by atoms with E-state index in [0.717, 1.165) is 0 Å². The summed E-state index contributed by atoms with van der Waals surface area (Å²) in [5.41, 5.74) is 2.62. The lowest BCUT2D eigenvalue weighted by molar-refractivity contribution is 0.0686. The minimum atomic E-state index is -1.17. The molecule has 1 aliphatic rings. The van der Waals surface area contributed by atoms with Gasteiger partial charge in [-0.3, -0.25) is 9.89 Å². The molecule has 2 aromatic carbocycles. The van der Waals surface area contributed by atoms with Gasteiger partial charge in [-0.15, -0.1) is 0 Å². The first-order valence-electron chi connectivity index (χ1n) is 9.90. The van der Waals surface area contributed by atoms with Crippen molar-refractivity contribution in [2.45, 2.75) is 20.1 Å². The summed E-state index contributed by atoms with van der Waals surface area (Å²) in [6, 6.07) is 11.8. The molecule has 0 saturated carbocycles. The number of carboxylic acids is 2. The number of hydrogen-bond donors (Lipinski definition) is 4. The van der Waals surface area contributed by atoms with E-state index in [-0.39, 0.29) is 16.7 Å². The first kappa shape index (κ1) is 21.8. The lowest BCUT2D eigenvalue weighted by Crippen LogP contribution is -2.27. The van der Waals surface area contributed by atoms with Crippen LogP contribution in [0, 0.1) is 6.92 Å². The summed E-state index contributed by atoms with van der Waals surface area (Å²) in [4.78, 5) is 35.2. The zero-order valence-electron chi connectivity index (χ0n) is 17.7. The molecule has 1 atom stereocenters. The van der Waals surface area contributed by atoms with Gasteiger partial charge in [0.15, 0.2) is 6.23 Å². The van der Waals surface area contributed by atoms with E-state index in [1.165, 1.54) is 46.1 Å². The quantitative estimate of drug-likeness (QED) is 0.468. The van der Waals surface area contributed by atoms with Crippen LogP contribution in [0.15, 0.2) is 64.0 Å². The van der Waals surface area contributed by atoms with E-state index in [1.54, 1.807) is 32.1 Å². The number of aryl methyl sites for hydroxylation is 1. The fourth-order valence-electron chi connectivity index (χ4n) is 3.55. The van der Waals surface area contributed by atoms with Crippen molar-refractivity contribution in [3.05, 3.63) is 86.8 Å². The van der Waals surface area contributed by atoms with Crippen molar-refractivity contribution in [1.82, 2.24) is 9.78 Å². The molecule has 10 heteroatoms. The normalized spacial score (nSPS) is 16.8. The van der Waals surface area contributed by atoms with Gasteiger partial charge in [0.2, 0.25) is 0 Å². The highest BCUT2D eigenvalue weighted by Gasteiger charge is 2.30. The van der Waals surface area contributed by atoms with Crippen LogP contribution in [0.5, 0.6) is 0 Å². The minimum Gasteiger partial charge on any atom is -0.478 e. The van der Waals surface area contributed by atoms with E-state index >= 15 is 0 Å². The number of aromatic nitrogens is 2. The van der Waals surface area contributed by atoms with Crippen LogP contribution in [-0.2, 0) is 0 Å². The van der Waals surface area contributed by atoms with E-state index in [2.05, 4.69) is 10.2 Å². The third-order valence-electron chi connectivity index (χ3n) is 5.35. The van der Waals surface area contributed by atoms with Gasteiger partial charge in [-0.2, -0.15) is 5.10 Å². The van der Waals surface area contributed by atoms with Gasteiger partial charge in [0.05, 0.1) is 33.8 Å². The lowest BCUT2D eigenvalue weighted by Gasteiger charge is -2.19. The molecule has 1 aromatic heterocycles. The molecule has 0 fully saturated rings. The molecular weight excluding hydrogens is 428 g/mol. The first-order valence-corrected chi connectivity index (χ1v) is 9.90. The molecule has 4 rings (SSSR count). The van der Waals surface area contributed by atoms with Crippen LogP contribution in [0.25, 0.3) is 11.8 Å². The lowest BCUT2D eigenvalue weighted by atomic mass is 10.1. The second-order valence-corrected chi connectivity index (χ2v) is 7.50. The van der Waals surface area contributed by atoms with Gasteiger partial charge < -0.3 is 15.3 Å². The molecule has 3 aromatic rings. The Balaban J connectivity index is 1.66. The average molecular weight is 448 g/mol. The zero-order valence-corrected chi connectivity index (χ0v) is 17.7. The third-order valence-corrected chi connectivity index (χ3v) is 5.35. The molecule has 4 N–H and O–H groups in total. The summed E-state index contributed by atoms with van der Waals surface area (Å²) in [5, 5.41) is 37.6.